The average molecular weight is 331 g/mol. The molecule has 0 aliphatic carbocycles. The van der Waals surface area contributed by atoms with Crippen LogP contribution >= 0.6 is 0 Å². The van der Waals surface area contributed by atoms with Crippen LogP contribution in [0.2, 0.25) is 0 Å². The first-order valence-electron chi connectivity index (χ1n) is 8.87. The summed E-state index contributed by atoms with van der Waals surface area (Å²) in [6.07, 6.45) is 1.54. The molecular weight excluding hydrogens is 292 g/mol. The summed E-state index contributed by atoms with van der Waals surface area (Å²) in [5, 5.41) is 16.0. The maximum atomic E-state index is 11.8. The molecule has 0 fully saturated rings. The van der Waals surface area contributed by atoms with E-state index in [4.69, 9.17) is 4.74 Å². The second-order valence-corrected chi connectivity index (χ2v) is 7.88. The fourth-order valence-corrected chi connectivity index (χ4v) is 2.37. The largest absolute Gasteiger partial charge is 0.444 e. The van der Waals surface area contributed by atoms with Crippen molar-refractivity contribution in [3.63, 3.8) is 0 Å². The van der Waals surface area contributed by atoms with Crippen LogP contribution in [-0.4, -0.2) is 43.0 Å². The summed E-state index contributed by atoms with van der Waals surface area (Å²) in [4.78, 5) is 11.8. The van der Waals surface area contributed by atoms with Gasteiger partial charge in [0.1, 0.15) is 5.60 Å². The first kappa shape index (κ1) is 22.2. The highest BCUT2D eigenvalue weighted by Crippen LogP contribution is 2.24. The molecule has 0 saturated heterocycles. The molecule has 0 rings (SSSR count). The van der Waals surface area contributed by atoms with Crippen molar-refractivity contribution in [1.29, 1.82) is 0 Å². The molecule has 0 aromatic heterocycles. The minimum atomic E-state index is -0.474. The van der Waals surface area contributed by atoms with Gasteiger partial charge in [0, 0.05) is 25.1 Å². The van der Waals surface area contributed by atoms with E-state index in [-0.39, 0.29) is 18.1 Å². The van der Waals surface area contributed by atoms with Gasteiger partial charge in [0.15, 0.2) is 0 Å². The van der Waals surface area contributed by atoms with E-state index in [9.17, 15) is 9.90 Å². The predicted molar refractivity (Wildman–Crippen MR) is 95.5 cm³/mol. The second-order valence-electron chi connectivity index (χ2n) is 7.88. The minimum absolute atomic E-state index is 0.0415. The van der Waals surface area contributed by atoms with Gasteiger partial charge in [-0.3, -0.25) is 0 Å². The van der Waals surface area contributed by atoms with Gasteiger partial charge in [0.2, 0.25) is 0 Å². The van der Waals surface area contributed by atoms with E-state index >= 15 is 0 Å². The topological polar surface area (TPSA) is 70.6 Å². The maximum absolute atomic E-state index is 11.8. The molecule has 0 spiro atoms. The highest BCUT2D eigenvalue weighted by Gasteiger charge is 2.25. The molecule has 138 valence electrons. The van der Waals surface area contributed by atoms with Crippen molar-refractivity contribution in [2.45, 2.75) is 66.9 Å². The van der Waals surface area contributed by atoms with Crippen molar-refractivity contribution in [1.82, 2.24) is 10.6 Å². The van der Waals surface area contributed by atoms with Gasteiger partial charge in [0.05, 0.1) is 0 Å². The van der Waals surface area contributed by atoms with Crippen molar-refractivity contribution < 1.29 is 14.6 Å². The molecule has 0 heterocycles. The molecule has 23 heavy (non-hydrogen) atoms. The number of amides is 1. The van der Waals surface area contributed by atoms with Gasteiger partial charge in [-0.25, -0.2) is 4.79 Å². The van der Waals surface area contributed by atoms with Crippen LogP contribution in [0, 0.1) is 17.3 Å². The Morgan fingerprint density at radius 2 is 1.70 bits per heavy atom. The molecule has 0 aromatic carbocycles. The van der Waals surface area contributed by atoms with Gasteiger partial charge in [-0.1, -0.05) is 27.7 Å². The molecule has 0 radical (unpaired) electrons. The number of alkyl carbamates (subject to hydrolysis) is 1. The van der Waals surface area contributed by atoms with Crippen LogP contribution in [0.1, 0.15) is 61.3 Å². The van der Waals surface area contributed by atoms with Crippen LogP contribution in [0.3, 0.4) is 0 Å². The van der Waals surface area contributed by atoms with E-state index in [1.807, 2.05) is 20.8 Å². The smallest absolute Gasteiger partial charge is 0.407 e. The molecule has 0 bridgehead atoms. The van der Waals surface area contributed by atoms with E-state index in [0.29, 0.717) is 18.4 Å². The summed E-state index contributed by atoms with van der Waals surface area (Å²) in [6.45, 7) is 16.5. The van der Waals surface area contributed by atoms with E-state index < -0.39 is 5.60 Å². The Bertz CT molecular complexity index is 325. The summed E-state index contributed by atoms with van der Waals surface area (Å²) < 4.78 is 5.28. The molecule has 0 aromatic rings. The van der Waals surface area contributed by atoms with E-state index in [1.165, 1.54) is 0 Å². The van der Waals surface area contributed by atoms with Crippen molar-refractivity contribution in [3.05, 3.63) is 0 Å². The lowest BCUT2D eigenvalue weighted by molar-refractivity contribution is 0.0514. The molecule has 0 saturated carbocycles. The van der Waals surface area contributed by atoms with Crippen LogP contribution in [0.25, 0.3) is 0 Å². The number of aliphatic hydroxyl groups is 1. The first-order chi connectivity index (χ1) is 10.6. The number of hydrogen-bond donors (Lipinski definition) is 3. The number of rotatable bonds is 10. The van der Waals surface area contributed by atoms with Crippen LogP contribution in [0.15, 0.2) is 0 Å². The number of carbonyl (C=O) groups excluding carboxylic acids is 1. The number of carbonyl (C=O) groups is 1. The fourth-order valence-electron chi connectivity index (χ4n) is 2.37. The lowest BCUT2D eigenvalue weighted by atomic mass is 9.83. The zero-order valence-corrected chi connectivity index (χ0v) is 16.2. The lowest BCUT2D eigenvalue weighted by Crippen LogP contribution is -2.43. The minimum Gasteiger partial charge on any atom is -0.444 e. The number of aliphatic hydroxyl groups excluding tert-OH is 1. The number of ether oxygens (including phenoxy) is 1. The maximum Gasteiger partial charge on any atom is 0.407 e. The molecule has 0 aliphatic heterocycles. The average Bonchev–Trinajstić information content (AvgIpc) is 2.45. The molecule has 1 atom stereocenters. The molecule has 5 heteroatoms. The lowest BCUT2D eigenvalue weighted by Gasteiger charge is -2.31. The third-order valence-corrected chi connectivity index (χ3v) is 4.59. The monoisotopic (exact) mass is 330 g/mol. The molecule has 3 N–H and O–H groups in total. The summed E-state index contributed by atoms with van der Waals surface area (Å²) in [6, 6.07) is 0. The van der Waals surface area contributed by atoms with Gasteiger partial charge >= 0.3 is 6.09 Å². The summed E-state index contributed by atoms with van der Waals surface area (Å²) >= 11 is 0. The Hall–Kier alpha value is -0.810. The van der Waals surface area contributed by atoms with Crippen molar-refractivity contribution in [3.8, 4) is 0 Å². The number of nitrogens with one attached hydrogen (secondary N) is 2. The molecular formula is C18H38N2O3. The van der Waals surface area contributed by atoms with Crippen LogP contribution in [0.4, 0.5) is 4.79 Å². The van der Waals surface area contributed by atoms with E-state index in [1.54, 1.807) is 0 Å². The van der Waals surface area contributed by atoms with Crippen LogP contribution in [-0.2, 0) is 4.74 Å². The Kier molecular flexibility index (Phi) is 9.78. The Morgan fingerprint density at radius 3 is 2.09 bits per heavy atom. The van der Waals surface area contributed by atoms with Gasteiger partial charge in [-0.2, -0.15) is 0 Å². The first-order valence-corrected chi connectivity index (χ1v) is 8.87. The molecule has 5 nitrogen and oxygen atoms in total. The Morgan fingerprint density at radius 1 is 1.13 bits per heavy atom. The third-order valence-electron chi connectivity index (χ3n) is 4.59. The van der Waals surface area contributed by atoms with Gasteiger partial charge in [-0.05, 0) is 52.0 Å². The third kappa shape index (κ3) is 9.16. The molecule has 0 aliphatic rings. The van der Waals surface area contributed by atoms with Crippen LogP contribution in [0.5, 0.6) is 0 Å². The normalized spacial score (nSPS) is 14.0. The summed E-state index contributed by atoms with van der Waals surface area (Å²) in [5.74, 6) is 0.775. The van der Waals surface area contributed by atoms with E-state index in [2.05, 4.69) is 38.3 Å². The fraction of sp³-hybridized carbons (Fsp3) is 0.944. The predicted octanol–water partition coefficient (Wildman–Crippen LogP) is 3.17. The quantitative estimate of drug-likeness (QED) is 0.575. The van der Waals surface area contributed by atoms with Gasteiger partial charge in [0.25, 0.3) is 0 Å². The second kappa shape index (κ2) is 10.1. The van der Waals surface area contributed by atoms with Crippen LogP contribution < -0.4 is 10.6 Å². The summed E-state index contributed by atoms with van der Waals surface area (Å²) in [5.41, 5.74) is -0.515. The van der Waals surface area contributed by atoms with Crippen molar-refractivity contribution >= 4 is 6.09 Å². The summed E-state index contributed by atoms with van der Waals surface area (Å²) in [7, 11) is 0. The zero-order chi connectivity index (χ0) is 18.1. The van der Waals surface area contributed by atoms with E-state index in [0.717, 1.165) is 25.9 Å². The van der Waals surface area contributed by atoms with Crippen molar-refractivity contribution in [2.75, 3.05) is 26.2 Å². The Labute approximate surface area is 142 Å². The Balaban J connectivity index is 4.35. The highest BCUT2D eigenvalue weighted by atomic mass is 16.6. The van der Waals surface area contributed by atoms with Crippen molar-refractivity contribution in [2.24, 2.45) is 17.3 Å². The molecule has 1 unspecified atom stereocenters. The highest BCUT2D eigenvalue weighted by molar-refractivity contribution is 5.67. The standard InChI is InChI=1S/C18H38N2O3/c1-8-18(9-2,13-21)12-19-10-15(14(3)4)11-20-16(22)23-17(5,6)7/h14-15,19,21H,8-13H2,1-7H3,(H,20,22). The number of hydrogen-bond acceptors (Lipinski definition) is 4. The zero-order valence-electron chi connectivity index (χ0n) is 16.2. The van der Waals surface area contributed by atoms with Gasteiger partial charge < -0.3 is 20.5 Å². The SMILES string of the molecule is CCC(CC)(CO)CNCC(CNC(=O)OC(C)(C)C)C(C)C. The molecule has 1 amide bonds. The van der Waals surface area contributed by atoms with Gasteiger partial charge in [-0.15, -0.1) is 0 Å².